The number of para-hydroxylation sites is 1. The van der Waals surface area contributed by atoms with E-state index in [9.17, 15) is 13.2 Å². The number of sulfonamides is 1. The molecule has 0 unspecified atom stereocenters. The summed E-state index contributed by atoms with van der Waals surface area (Å²) in [6.45, 7) is 7.76. The molecule has 0 heterocycles. The zero-order chi connectivity index (χ0) is 21.9. The van der Waals surface area contributed by atoms with Gasteiger partial charge in [0.05, 0.1) is 16.6 Å². The lowest BCUT2D eigenvalue weighted by Gasteiger charge is -2.18. The molecule has 1 amide bonds. The Bertz CT molecular complexity index is 1190. The van der Waals surface area contributed by atoms with Crippen molar-refractivity contribution in [3.63, 3.8) is 0 Å². The van der Waals surface area contributed by atoms with E-state index >= 15 is 0 Å². The third kappa shape index (κ3) is 4.89. The number of amides is 1. The molecule has 0 bridgehead atoms. The monoisotopic (exact) mass is 422 g/mol. The largest absolute Gasteiger partial charge is 0.346 e. The molecule has 156 valence electrons. The van der Waals surface area contributed by atoms with Crippen molar-refractivity contribution in [1.29, 1.82) is 0 Å². The molecule has 0 radical (unpaired) electrons. The van der Waals surface area contributed by atoms with Gasteiger partial charge in [-0.25, -0.2) is 8.42 Å². The van der Waals surface area contributed by atoms with Crippen LogP contribution in [0.4, 0.5) is 5.69 Å². The fourth-order valence-corrected chi connectivity index (χ4v) is 4.46. The average molecular weight is 423 g/mol. The standard InChI is InChI=1S/C24H26N2O3S/c1-16-12-13-17(2)22(14-16)19(4)25-24(27)20-9-7-10-21(15-20)30(28,29)26-23-11-6-5-8-18(23)3/h5-15,19,26H,1-4H3,(H,25,27)/t19-/m0/s1. The van der Waals surface area contributed by atoms with Crippen molar-refractivity contribution in [3.8, 4) is 0 Å². The van der Waals surface area contributed by atoms with Crippen molar-refractivity contribution in [2.24, 2.45) is 0 Å². The number of nitrogens with one attached hydrogen (secondary N) is 2. The minimum absolute atomic E-state index is 0.0396. The van der Waals surface area contributed by atoms with Gasteiger partial charge in [-0.3, -0.25) is 9.52 Å². The third-order valence-electron chi connectivity index (χ3n) is 5.04. The smallest absolute Gasteiger partial charge is 0.261 e. The molecule has 6 heteroatoms. The third-order valence-corrected chi connectivity index (χ3v) is 6.41. The average Bonchev–Trinajstić information content (AvgIpc) is 2.71. The van der Waals surface area contributed by atoms with Crippen molar-refractivity contribution in [2.75, 3.05) is 4.72 Å². The quantitative estimate of drug-likeness (QED) is 0.593. The van der Waals surface area contributed by atoms with Crippen LogP contribution in [0.2, 0.25) is 0 Å². The van der Waals surface area contributed by atoms with Gasteiger partial charge in [0.15, 0.2) is 0 Å². The van der Waals surface area contributed by atoms with Gasteiger partial charge in [0.2, 0.25) is 0 Å². The highest BCUT2D eigenvalue weighted by Crippen LogP contribution is 2.22. The Hall–Kier alpha value is -3.12. The van der Waals surface area contributed by atoms with Gasteiger partial charge in [-0.1, -0.05) is 48.0 Å². The van der Waals surface area contributed by atoms with Crippen LogP contribution < -0.4 is 10.0 Å². The van der Waals surface area contributed by atoms with E-state index in [4.69, 9.17) is 0 Å². The number of carbonyl (C=O) groups is 1. The van der Waals surface area contributed by atoms with E-state index < -0.39 is 10.0 Å². The molecule has 0 aliphatic heterocycles. The van der Waals surface area contributed by atoms with Gasteiger partial charge in [-0.05, 0) is 68.7 Å². The molecular weight excluding hydrogens is 396 g/mol. The zero-order valence-corrected chi connectivity index (χ0v) is 18.4. The van der Waals surface area contributed by atoms with Crippen LogP contribution in [0.25, 0.3) is 0 Å². The number of aryl methyl sites for hydroxylation is 3. The minimum Gasteiger partial charge on any atom is -0.346 e. The van der Waals surface area contributed by atoms with Crippen LogP contribution >= 0.6 is 0 Å². The summed E-state index contributed by atoms with van der Waals surface area (Å²) in [7, 11) is -3.81. The van der Waals surface area contributed by atoms with E-state index in [1.54, 1.807) is 24.3 Å². The van der Waals surface area contributed by atoms with Crippen molar-refractivity contribution in [2.45, 2.75) is 38.6 Å². The lowest BCUT2D eigenvalue weighted by molar-refractivity contribution is 0.0939. The second kappa shape index (κ2) is 8.71. The molecule has 0 saturated carbocycles. The summed E-state index contributed by atoms with van der Waals surface area (Å²) < 4.78 is 28.2. The Balaban J connectivity index is 1.81. The summed E-state index contributed by atoms with van der Waals surface area (Å²) in [5.41, 5.74) is 4.86. The number of hydrogen-bond acceptors (Lipinski definition) is 3. The molecule has 0 spiro atoms. The number of rotatable bonds is 6. The molecule has 3 aromatic carbocycles. The highest BCUT2D eigenvalue weighted by atomic mass is 32.2. The predicted octanol–water partition coefficient (Wildman–Crippen LogP) is 4.90. The van der Waals surface area contributed by atoms with Crippen LogP contribution in [0.15, 0.2) is 71.6 Å². The molecule has 0 saturated heterocycles. The van der Waals surface area contributed by atoms with E-state index in [1.165, 1.54) is 12.1 Å². The van der Waals surface area contributed by atoms with Gasteiger partial charge < -0.3 is 5.32 Å². The Morgan fingerprint density at radius 3 is 2.33 bits per heavy atom. The van der Waals surface area contributed by atoms with Gasteiger partial charge in [-0.2, -0.15) is 0 Å². The Morgan fingerprint density at radius 1 is 0.867 bits per heavy atom. The molecule has 0 aromatic heterocycles. The second-order valence-electron chi connectivity index (χ2n) is 7.50. The van der Waals surface area contributed by atoms with Crippen LogP contribution in [0.5, 0.6) is 0 Å². The first-order chi connectivity index (χ1) is 14.2. The minimum atomic E-state index is -3.81. The normalized spacial score (nSPS) is 12.3. The molecule has 0 aliphatic rings. The Labute approximate surface area is 178 Å². The Morgan fingerprint density at radius 2 is 1.60 bits per heavy atom. The molecule has 0 aliphatic carbocycles. The number of benzene rings is 3. The van der Waals surface area contributed by atoms with Gasteiger partial charge in [0, 0.05) is 5.56 Å². The lowest BCUT2D eigenvalue weighted by Crippen LogP contribution is -2.27. The predicted molar refractivity (Wildman–Crippen MR) is 120 cm³/mol. The fourth-order valence-electron chi connectivity index (χ4n) is 3.28. The molecular formula is C24H26N2O3S. The first-order valence-electron chi connectivity index (χ1n) is 9.74. The summed E-state index contributed by atoms with van der Waals surface area (Å²) in [5.74, 6) is -0.323. The number of hydrogen-bond donors (Lipinski definition) is 2. The van der Waals surface area contributed by atoms with Crippen molar-refractivity contribution < 1.29 is 13.2 Å². The van der Waals surface area contributed by atoms with Crippen LogP contribution in [0.3, 0.4) is 0 Å². The van der Waals surface area contributed by atoms with Crippen LogP contribution in [-0.2, 0) is 10.0 Å². The van der Waals surface area contributed by atoms with Crippen LogP contribution in [0.1, 0.15) is 45.6 Å². The summed E-state index contributed by atoms with van der Waals surface area (Å²) in [6.07, 6.45) is 0. The summed E-state index contributed by atoms with van der Waals surface area (Å²) in [5, 5.41) is 2.96. The summed E-state index contributed by atoms with van der Waals surface area (Å²) >= 11 is 0. The SMILES string of the molecule is Cc1ccc(C)c([C@H](C)NC(=O)c2cccc(S(=O)(=O)Nc3ccccc3C)c2)c1. The van der Waals surface area contributed by atoms with E-state index in [-0.39, 0.29) is 16.8 Å². The topological polar surface area (TPSA) is 75.3 Å². The highest BCUT2D eigenvalue weighted by Gasteiger charge is 2.19. The molecule has 5 nitrogen and oxygen atoms in total. The molecule has 3 rings (SSSR count). The Kier molecular flexibility index (Phi) is 6.27. The van der Waals surface area contributed by atoms with Crippen molar-refractivity contribution in [3.05, 3.63) is 94.5 Å². The zero-order valence-electron chi connectivity index (χ0n) is 17.6. The maximum absolute atomic E-state index is 12.8. The van der Waals surface area contributed by atoms with Crippen LogP contribution in [0, 0.1) is 20.8 Å². The van der Waals surface area contributed by atoms with Crippen LogP contribution in [-0.4, -0.2) is 14.3 Å². The molecule has 0 fully saturated rings. The maximum atomic E-state index is 12.8. The van der Waals surface area contributed by atoms with E-state index in [0.717, 1.165) is 22.3 Å². The fraction of sp³-hybridized carbons (Fsp3) is 0.208. The van der Waals surface area contributed by atoms with Gasteiger partial charge >= 0.3 is 0 Å². The number of anilines is 1. The van der Waals surface area contributed by atoms with Gasteiger partial charge in [0.25, 0.3) is 15.9 Å². The van der Waals surface area contributed by atoms with Crippen molar-refractivity contribution >= 4 is 21.6 Å². The van der Waals surface area contributed by atoms with Gasteiger partial charge in [-0.15, -0.1) is 0 Å². The second-order valence-corrected chi connectivity index (χ2v) is 9.19. The molecule has 2 N–H and O–H groups in total. The van der Waals surface area contributed by atoms with Crippen molar-refractivity contribution in [1.82, 2.24) is 5.32 Å². The lowest BCUT2D eigenvalue weighted by atomic mass is 10.00. The number of carbonyl (C=O) groups excluding carboxylic acids is 1. The van der Waals surface area contributed by atoms with E-state index in [0.29, 0.717) is 11.3 Å². The maximum Gasteiger partial charge on any atom is 0.261 e. The highest BCUT2D eigenvalue weighted by molar-refractivity contribution is 7.92. The first-order valence-corrected chi connectivity index (χ1v) is 11.2. The molecule has 1 atom stereocenters. The summed E-state index contributed by atoms with van der Waals surface area (Å²) in [4.78, 5) is 12.8. The van der Waals surface area contributed by atoms with E-state index in [2.05, 4.69) is 10.0 Å². The summed E-state index contributed by atoms with van der Waals surface area (Å²) in [6, 6.07) is 19.1. The molecule has 30 heavy (non-hydrogen) atoms. The van der Waals surface area contributed by atoms with Gasteiger partial charge in [0.1, 0.15) is 0 Å². The molecule has 3 aromatic rings. The first kappa shape index (κ1) is 21.6. The van der Waals surface area contributed by atoms with E-state index in [1.807, 2.05) is 58.0 Å².